The van der Waals surface area contributed by atoms with Crippen LogP contribution in [0.25, 0.3) is 0 Å². The summed E-state index contributed by atoms with van der Waals surface area (Å²) >= 11 is 0. The first-order valence-electron chi connectivity index (χ1n) is 3.17. The van der Waals surface area contributed by atoms with E-state index in [9.17, 15) is 10.1 Å². The fraction of sp³-hybridized carbons (Fsp3) is 0.143. The van der Waals surface area contributed by atoms with Crippen LogP contribution >= 0.6 is 0 Å². The van der Waals surface area contributed by atoms with Gasteiger partial charge in [0.1, 0.15) is 6.79 Å². The van der Waals surface area contributed by atoms with E-state index in [0.29, 0.717) is 0 Å². The van der Waals surface area contributed by atoms with Crippen LogP contribution in [0.2, 0.25) is 0 Å². The number of nitro groups is 1. The SMILES string of the molecule is C=O.COc1cnccc1[N+](=O)[O-]. The van der Waals surface area contributed by atoms with Crippen molar-refractivity contribution in [3.8, 4) is 5.75 Å². The summed E-state index contributed by atoms with van der Waals surface area (Å²) in [7, 11) is 1.37. The number of pyridine rings is 1. The van der Waals surface area contributed by atoms with E-state index in [4.69, 9.17) is 9.53 Å². The van der Waals surface area contributed by atoms with Crippen molar-refractivity contribution in [3.63, 3.8) is 0 Å². The molecule has 0 bridgehead atoms. The Morgan fingerprint density at radius 2 is 2.23 bits per heavy atom. The molecule has 1 aromatic heterocycles. The quantitative estimate of drug-likeness (QED) is 0.501. The van der Waals surface area contributed by atoms with Crippen LogP contribution in [0.15, 0.2) is 18.5 Å². The molecular weight excluding hydrogens is 176 g/mol. The molecular formula is C7H8N2O4. The first kappa shape index (κ1) is 11.0. The lowest BCUT2D eigenvalue weighted by atomic mass is 10.4. The topological polar surface area (TPSA) is 82.3 Å². The molecule has 1 aromatic rings. The van der Waals surface area contributed by atoms with Crippen LogP contribution in [0.1, 0.15) is 0 Å². The molecule has 0 radical (unpaired) electrons. The molecule has 0 atom stereocenters. The highest BCUT2D eigenvalue weighted by molar-refractivity contribution is 5.42. The predicted octanol–water partition coefficient (Wildman–Crippen LogP) is 0.813. The van der Waals surface area contributed by atoms with Crippen molar-refractivity contribution < 1.29 is 14.5 Å². The van der Waals surface area contributed by atoms with Gasteiger partial charge in [0.2, 0.25) is 5.75 Å². The summed E-state index contributed by atoms with van der Waals surface area (Å²) in [6.45, 7) is 2.00. The maximum Gasteiger partial charge on any atom is 0.314 e. The number of hydrogen-bond donors (Lipinski definition) is 0. The van der Waals surface area contributed by atoms with Gasteiger partial charge < -0.3 is 9.53 Å². The summed E-state index contributed by atoms with van der Waals surface area (Å²) in [6, 6.07) is 1.29. The van der Waals surface area contributed by atoms with E-state index in [1.165, 1.54) is 25.6 Å². The Kier molecular flexibility index (Phi) is 4.78. The van der Waals surface area contributed by atoms with Crippen LogP contribution in [0, 0.1) is 10.1 Å². The van der Waals surface area contributed by atoms with E-state index in [1.807, 2.05) is 6.79 Å². The molecule has 0 aromatic carbocycles. The van der Waals surface area contributed by atoms with Gasteiger partial charge in [0.15, 0.2) is 0 Å². The Hall–Kier alpha value is -1.98. The molecule has 0 aliphatic heterocycles. The highest BCUT2D eigenvalue weighted by Crippen LogP contribution is 2.23. The second-order valence-electron chi connectivity index (χ2n) is 1.80. The average Bonchev–Trinajstić information content (AvgIpc) is 2.20. The Labute approximate surface area is 74.3 Å². The van der Waals surface area contributed by atoms with Crippen molar-refractivity contribution in [1.29, 1.82) is 0 Å². The average molecular weight is 184 g/mol. The van der Waals surface area contributed by atoms with Gasteiger partial charge in [-0.2, -0.15) is 0 Å². The Morgan fingerprint density at radius 3 is 2.62 bits per heavy atom. The first-order chi connectivity index (χ1) is 6.25. The van der Waals surface area contributed by atoms with Crippen molar-refractivity contribution in [3.05, 3.63) is 28.6 Å². The second-order valence-corrected chi connectivity index (χ2v) is 1.80. The molecule has 0 aliphatic rings. The summed E-state index contributed by atoms with van der Waals surface area (Å²) in [5.41, 5.74) is -0.0671. The van der Waals surface area contributed by atoms with Gasteiger partial charge in [0, 0.05) is 12.3 Å². The molecule has 1 rings (SSSR count). The van der Waals surface area contributed by atoms with Gasteiger partial charge >= 0.3 is 5.69 Å². The van der Waals surface area contributed by atoms with Gasteiger partial charge in [-0.3, -0.25) is 15.1 Å². The fourth-order valence-electron chi connectivity index (χ4n) is 0.681. The molecule has 0 unspecified atom stereocenters. The molecule has 1 heterocycles. The normalized spacial score (nSPS) is 8.08. The molecule has 0 N–H and O–H groups in total. The Bertz CT molecular complexity index is 290. The van der Waals surface area contributed by atoms with Crippen molar-refractivity contribution in [2.75, 3.05) is 7.11 Å². The highest BCUT2D eigenvalue weighted by Gasteiger charge is 2.12. The van der Waals surface area contributed by atoms with Gasteiger partial charge in [-0.1, -0.05) is 0 Å². The number of carbonyl (C=O) groups excluding carboxylic acids is 1. The summed E-state index contributed by atoms with van der Waals surface area (Å²) < 4.78 is 4.70. The second kappa shape index (κ2) is 5.64. The summed E-state index contributed by atoms with van der Waals surface area (Å²) in [6.07, 6.45) is 2.65. The van der Waals surface area contributed by atoms with Crippen molar-refractivity contribution in [2.45, 2.75) is 0 Å². The van der Waals surface area contributed by atoms with Crippen LogP contribution < -0.4 is 4.74 Å². The number of carbonyl (C=O) groups is 1. The van der Waals surface area contributed by atoms with Crippen molar-refractivity contribution in [2.24, 2.45) is 0 Å². The van der Waals surface area contributed by atoms with Gasteiger partial charge in [0.25, 0.3) is 0 Å². The molecule has 0 amide bonds. The lowest BCUT2D eigenvalue weighted by Gasteiger charge is -1.97. The zero-order chi connectivity index (χ0) is 10.3. The largest absolute Gasteiger partial charge is 0.489 e. The molecule has 6 heteroatoms. The third-order valence-electron chi connectivity index (χ3n) is 1.18. The predicted molar refractivity (Wildman–Crippen MR) is 44.6 cm³/mol. The minimum Gasteiger partial charge on any atom is -0.489 e. The molecule has 0 saturated carbocycles. The monoisotopic (exact) mass is 184 g/mol. The zero-order valence-corrected chi connectivity index (χ0v) is 6.97. The van der Waals surface area contributed by atoms with Gasteiger partial charge in [-0.05, 0) is 0 Å². The van der Waals surface area contributed by atoms with Gasteiger partial charge in [0.05, 0.1) is 18.2 Å². The van der Waals surface area contributed by atoms with Crippen LogP contribution in [-0.4, -0.2) is 23.8 Å². The fourth-order valence-corrected chi connectivity index (χ4v) is 0.681. The molecule has 0 aliphatic carbocycles. The van der Waals surface area contributed by atoms with E-state index >= 15 is 0 Å². The van der Waals surface area contributed by atoms with E-state index in [0.717, 1.165) is 0 Å². The molecule has 0 spiro atoms. The third-order valence-corrected chi connectivity index (χ3v) is 1.18. The van der Waals surface area contributed by atoms with Crippen molar-refractivity contribution in [1.82, 2.24) is 4.98 Å². The lowest BCUT2D eigenvalue weighted by Crippen LogP contribution is -1.93. The molecule has 6 nitrogen and oxygen atoms in total. The highest BCUT2D eigenvalue weighted by atomic mass is 16.6. The minimum atomic E-state index is -0.513. The van der Waals surface area contributed by atoms with Crippen LogP contribution in [0.4, 0.5) is 5.69 Å². The van der Waals surface area contributed by atoms with Crippen LogP contribution in [0.3, 0.4) is 0 Å². The summed E-state index contributed by atoms with van der Waals surface area (Å²) in [5, 5.41) is 10.3. The Balaban J connectivity index is 0.000000671. The first-order valence-corrected chi connectivity index (χ1v) is 3.17. The standard InChI is InChI=1S/C6H6N2O3.CH2O/c1-11-6-4-7-3-2-5(6)8(9)10;1-2/h2-4H,1H3;1H2. The molecule has 13 heavy (non-hydrogen) atoms. The number of ether oxygens (including phenoxy) is 1. The van der Waals surface area contributed by atoms with E-state index < -0.39 is 4.92 Å². The number of rotatable bonds is 2. The van der Waals surface area contributed by atoms with Gasteiger partial charge in [-0.25, -0.2) is 0 Å². The van der Waals surface area contributed by atoms with E-state index in [-0.39, 0.29) is 11.4 Å². The Morgan fingerprint density at radius 1 is 1.62 bits per heavy atom. The smallest absolute Gasteiger partial charge is 0.314 e. The maximum atomic E-state index is 10.3. The molecule has 0 saturated heterocycles. The van der Waals surface area contributed by atoms with Crippen LogP contribution in [0.5, 0.6) is 5.75 Å². The summed E-state index contributed by atoms with van der Waals surface area (Å²) in [4.78, 5) is 21.4. The van der Waals surface area contributed by atoms with Crippen LogP contribution in [-0.2, 0) is 4.79 Å². The lowest BCUT2D eigenvalue weighted by molar-refractivity contribution is -0.385. The molecule has 70 valence electrons. The van der Waals surface area contributed by atoms with E-state index in [2.05, 4.69) is 4.98 Å². The zero-order valence-electron chi connectivity index (χ0n) is 6.97. The van der Waals surface area contributed by atoms with E-state index in [1.54, 1.807) is 0 Å². The molecule has 0 fully saturated rings. The third kappa shape index (κ3) is 2.86. The van der Waals surface area contributed by atoms with Gasteiger partial charge in [-0.15, -0.1) is 0 Å². The number of hydrogen-bond acceptors (Lipinski definition) is 5. The minimum absolute atomic E-state index is 0.0671. The van der Waals surface area contributed by atoms with Crippen molar-refractivity contribution >= 4 is 12.5 Å². The summed E-state index contributed by atoms with van der Waals surface area (Å²) in [5.74, 6) is 0.178. The maximum absolute atomic E-state index is 10.3. The number of nitrogens with zero attached hydrogens (tertiary/aromatic N) is 2. The number of aromatic nitrogens is 1. The number of methoxy groups -OCH3 is 1.